The Kier molecular flexibility index (Phi) is 327. The number of nitrogens with zero attached hydrogens (tertiary/aromatic N) is 2. The van der Waals surface area contributed by atoms with Gasteiger partial charge in [0.05, 0.1) is 18.0 Å². The van der Waals surface area contributed by atoms with Crippen molar-refractivity contribution < 1.29 is 4.42 Å². The lowest BCUT2D eigenvalue weighted by Crippen LogP contribution is -1.98. The van der Waals surface area contributed by atoms with Crippen molar-refractivity contribution in [1.82, 2.24) is 9.97 Å². The highest BCUT2D eigenvalue weighted by Crippen LogP contribution is 2.27. The van der Waals surface area contributed by atoms with Crippen molar-refractivity contribution in [2.75, 3.05) is 0 Å². The lowest BCUT2D eigenvalue weighted by atomic mass is 9.90. The molecule has 0 atom stereocenters. The van der Waals surface area contributed by atoms with Gasteiger partial charge in [-0.3, -0.25) is 9.97 Å². The molecule has 0 saturated heterocycles. The molecule has 135 heavy (non-hydrogen) atoms. The third-order valence-electron chi connectivity index (χ3n) is 15.4. The zero-order valence-corrected chi connectivity index (χ0v) is 109. The van der Waals surface area contributed by atoms with E-state index in [2.05, 4.69) is 224 Å². The minimum atomic E-state index is 1.06. The number of para-hydroxylation sites is 1. The second-order valence-electron chi connectivity index (χ2n) is 19.5. The van der Waals surface area contributed by atoms with Gasteiger partial charge < -0.3 is 4.42 Å². The topological polar surface area (TPSA) is 38.9 Å². The summed E-state index contributed by atoms with van der Waals surface area (Å²) in [6.07, 6.45) is 18.1. The Morgan fingerprint density at radius 2 is 0.348 bits per heavy atom. The van der Waals surface area contributed by atoms with E-state index >= 15 is 0 Å². The number of hydrogen-bond acceptors (Lipinski definition) is 4. The second kappa shape index (κ2) is 219. The number of thiophene rings is 1. The summed E-state index contributed by atoms with van der Waals surface area (Å²) in [5, 5.41) is 7.90. The van der Waals surface area contributed by atoms with E-state index in [9.17, 15) is 0 Å². The molecule has 0 unspecified atom stereocenters. The van der Waals surface area contributed by atoms with Crippen molar-refractivity contribution in [2.24, 2.45) is 0 Å². The normalized spacial score (nSPS) is 7.17. The van der Waals surface area contributed by atoms with Crippen LogP contribution in [-0.2, 0) is 0 Å². The summed E-state index contributed by atoms with van der Waals surface area (Å²) >= 11 is 1.71. The zero-order valence-electron chi connectivity index (χ0n) is 108. The van der Waals surface area contributed by atoms with Gasteiger partial charge >= 0.3 is 0 Å². The number of rotatable bonds is 0. The van der Waals surface area contributed by atoms with Gasteiger partial charge in [-0.1, -0.05) is 517 Å². The first kappa shape index (κ1) is 202. The Bertz CT molecular complexity index is 2570. The van der Waals surface area contributed by atoms with E-state index < -0.39 is 0 Å². The standard InChI is InChI=1S/3C12H18.C10H8.C9H7N.C5H5N.C5H6.C4H4O.C4H4S.29C2H6/c3*1-7-8(2)10(4)12(6)11(5)9(7)3;1-2-6-10-8-4-3-7-9(10)5-1;1-2-6-9-8(4-1)5-3-7-10-9;1-2-4-6-5-3-1;3*1-2-4-5-3-1;29*1-2/h3*1-6H3;1-8H;1-7H;1-5H;1-4H,5H2;2*1-4H;29*1-2H3. The summed E-state index contributed by atoms with van der Waals surface area (Å²) in [4.78, 5) is 7.97. The highest BCUT2D eigenvalue weighted by molar-refractivity contribution is 7.07. The monoisotopic (exact) mass is 1910 g/mol. The van der Waals surface area contributed by atoms with E-state index in [1.54, 1.807) is 36.3 Å². The summed E-state index contributed by atoms with van der Waals surface area (Å²) in [6.45, 7) is 156. The van der Waals surface area contributed by atoms with Crippen LogP contribution in [-0.4, -0.2) is 9.97 Å². The molecule has 0 N–H and O–H groups in total. The fourth-order valence-corrected chi connectivity index (χ4v) is 8.82. The predicted octanol–water partition coefficient (Wildman–Crippen LogP) is 51.1. The maximum atomic E-state index is 4.58. The molecule has 0 aliphatic heterocycles. The summed E-state index contributed by atoms with van der Waals surface area (Å²) < 4.78 is 4.58. The van der Waals surface area contributed by atoms with Crippen LogP contribution >= 0.6 is 11.3 Å². The maximum absolute atomic E-state index is 4.58. The van der Waals surface area contributed by atoms with Crippen LogP contribution in [0, 0.1) is 125 Å². The molecule has 0 fully saturated rings. The molecule has 1 aliphatic carbocycles. The summed E-state index contributed by atoms with van der Waals surface area (Å²) in [6, 6.07) is 42.2. The first-order chi connectivity index (χ1) is 65.8. The number of fused-ring (bicyclic) bond motifs is 2. The van der Waals surface area contributed by atoms with Crippen molar-refractivity contribution >= 4 is 33.0 Å². The zero-order chi connectivity index (χ0) is 115. The van der Waals surface area contributed by atoms with Gasteiger partial charge in [-0.15, -0.1) is 0 Å². The Labute approximate surface area is 867 Å². The van der Waals surface area contributed by atoms with E-state index in [1.807, 2.05) is 485 Å². The van der Waals surface area contributed by atoms with Crippen LogP contribution < -0.4 is 0 Å². The fourth-order valence-electron chi connectivity index (χ4n) is 8.37. The minimum Gasteiger partial charge on any atom is -0.473 e. The summed E-state index contributed by atoms with van der Waals surface area (Å²) in [5.74, 6) is 0. The number of furan rings is 1. The fraction of sp³-hybridized carbons (Fsp3) is 0.588. The van der Waals surface area contributed by atoms with Crippen molar-refractivity contribution in [1.29, 1.82) is 0 Å². The molecule has 808 valence electrons. The first-order valence-electron chi connectivity index (χ1n) is 55.8. The SMILES string of the molecule is C1=CCC=C1.CC.CC.CC.CC.CC.CC.CC.CC.CC.CC.CC.CC.CC.CC.CC.CC.CC.CC.CC.CC.CC.CC.CC.CC.CC.CC.CC.CC.CC.Cc1c(C)c(C)c(C)c(C)c1C.Cc1c(C)c(C)c(C)c(C)c1C.Cc1c(C)c(C)c(C)c(C)c1C.c1ccc2ccccc2c1.c1ccc2ncccc2c1.c1ccncc1.c1ccoc1.c1ccsc1. The average molecular weight is 1910 g/mol. The highest BCUT2D eigenvalue weighted by atomic mass is 32.1. The van der Waals surface area contributed by atoms with Gasteiger partial charge in [-0.2, -0.15) is 11.3 Å². The van der Waals surface area contributed by atoms with Crippen LogP contribution in [0.4, 0.5) is 0 Å². The molecule has 4 heteroatoms. The molecule has 10 aromatic rings. The molecule has 3 nitrogen and oxygen atoms in total. The van der Waals surface area contributed by atoms with Gasteiger partial charge in [-0.05, 0) is 289 Å². The van der Waals surface area contributed by atoms with Crippen molar-refractivity contribution in [3.63, 3.8) is 0 Å². The Hall–Kier alpha value is -7.40. The third-order valence-corrected chi connectivity index (χ3v) is 16.0. The Morgan fingerprint density at radius 3 is 0.467 bits per heavy atom. The molecule has 0 amide bonds. The van der Waals surface area contributed by atoms with E-state index in [1.165, 1.54) is 116 Å². The average Bonchev–Trinajstić information content (AvgIpc) is 1.08. The minimum absolute atomic E-state index is 1.06. The van der Waals surface area contributed by atoms with Crippen molar-refractivity contribution in [3.8, 4) is 0 Å². The smallest absolute Gasteiger partial charge is 0.0902 e. The van der Waals surface area contributed by atoms with Gasteiger partial charge in [0.15, 0.2) is 0 Å². The predicted molar refractivity (Wildman–Crippen MR) is 670 cm³/mol. The molecule has 0 saturated carbocycles. The summed E-state index contributed by atoms with van der Waals surface area (Å²) in [7, 11) is 0. The van der Waals surface area contributed by atoms with Crippen LogP contribution in [0.25, 0.3) is 21.7 Å². The maximum Gasteiger partial charge on any atom is 0.0902 e. The molecule has 0 spiro atoms. The summed E-state index contributed by atoms with van der Waals surface area (Å²) in [5.41, 5.74) is 27.2. The lowest BCUT2D eigenvalue weighted by molar-refractivity contribution is 0.567. The molecule has 0 radical (unpaired) electrons. The first-order valence-corrected chi connectivity index (χ1v) is 56.7. The molecule has 0 bridgehead atoms. The van der Waals surface area contributed by atoms with Crippen LogP contribution in [0.15, 0.2) is 198 Å². The lowest BCUT2D eigenvalue weighted by Gasteiger charge is -2.15. The van der Waals surface area contributed by atoms with E-state index in [4.69, 9.17) is 0 Å². The molecular formula is C131H262N2OS. The van der Waals surface area contributed by atoms with Crippen molar-refractivity contribution in [3.05, 3.63) is 294 Å². The third kappa shape index (κ3) is 133. The van der Waals surface area contributed by atoms with E-state index in [0.29, 0.717) is 0 Å². The number of benzene rings is 6. The molecule has 11 rings (SSSR count). The second-order valence-corrected chi connectivity index (χ2v) is 20.3. The number of hydrogen-bond donors (Lipinski definition) is 0. The number of allylic oxidation sites excluding steroid dienone is 4. The molecule has 6 aromatic carbocycles. The van der Waals surface area contributed by atoms with E-state index in [0.717, 1.165) is 11.9 Å². The highest BCUT2D eigenvalue weighted by Gasteiger charge is 2.10. The Balaban J connectivity index is -0.0000000367. The van der Waals surface area contributed by atoms with Gasteiger partial charge in [0, 0.05) is 24.0 Å². The number of pyridine rings is 2. The van der Waals surface area contributed by atoms with Crippen LogP contribution in [0.2, 0.25) is 0 Å². The van der Waals surface area contributed by atoms with Gasteiger partial charge in [0.25, 0.3) is 0 Å². The van der Waals surface area contributed by atoms with E-state index in [-0.39, 0.29) is 0 Å². The van der Waals surface area contributed by atoms with Crippen LogP contribution in [0.5, 0.6) is 0 Å². The largest absolute Gasteiger partial charge is 0.473 e. The number of aromatic nitrogens is 2. The molecule has 4 aromatic heterocycles. The molecule has 4 heterocycles. The quantitative estimate of drug-likeness (QED) is 0.152. The molecule has 1 aliphatic rings. The Morgan fingerprint density at radius 1 is 0.178 bits per heavy atom. The van der Waals surface area contributed by atoms with Crippen LogP contribution in [0.1, 0.15) is 508 Å². The molecular weight excluding hydrogens is 1650 g/mol. The van der Waals surface area contributed by atoms with Gasteiger partial charge in [0.2, 0.25) is 0 Å². The van der Waals surface area contributed by atoms with Crippen LogP contribution in [0.3, 0.4) is 0 Å². The van der Waals surface area contributed by atoms with Crippen molar-refractivity contribution in [2.45, 2.75) is 533 Å². The van der Waals surface area contributed by atoms with Gasteiger partial charge in [0.1, 0.15) is 0 Å². The van der Waals surface area contributed by atoms with Gasteiger partial charge in [-0.25, -0.2) is 0 Å².